The molecule has 4 nitrogen and oxygen atoms in total. The van der Waals surface area contributed by atoms with Crippen LogP contribution in [-0.4, -0.2) is 19.1 Å². The van der Waals surface area contributed by atoms with E-state index in [1.807, 2.05) is 60.7 Å². The molecule has 0 atom stereocenters. The van der Waals surface area contributed by atoms with Crippen molar-refractivity contribution in [3.8, 4) is 11.5 Å². The van der Waals surface area contributed by atoms with E-state index < -0.39 is 0 Å². The minimum Gasteiger partial charge on any atom is -0.493 e. The van der Waals surface area contributed by atoms with Gasteiger partial charge in [-0.3, -0.25) is 4.79 Å². The Morgan fingerprint density at radius 3 is 2.53 bits per heavy atom. The van der Waals surface area contributed by atoms with Crippen molar-refractivity contribution in [1.29, 1.82) is 0 Å². The van der Waals surface area contributed by atoms with E-state index in [0.717, 1.165) is 37.2 Å². The van der Waals surface area contributed by atoms with Crippen molar-refractivity contribution in [2.45, 2.75) is 32.8 Å². The molecule has 0 aliphatic heterocycles. The van der Waals surface area contributed by atoms with Gasteiger partial charge in [-0.2, -0.15) is 0 Å². The Morgan fingerprint density at radius 1 is 0.900 bits per heavy atom. The second-order valence-electron chi connectivity index (χ2n) is 7.12. The zero-order chi connectivity index (χ0) is 21.0. The van der Waals surface area contributed by atoms with E-state index in [1.165, 1.54) is 5.56 Å². The Labute approximate surface area is 178 Å². The van der Waals surface area contributed by atoms with Crippen LogP contribution < -0.4 is 14.8 Å². The third kappa shape index (κ3) is 6.66. The first-order valence-corrected chi connectivity index (χ1v) is 10.5. The van der Waals surface area contributed by atoms with Crippen LogP contribution in [0.4, 0.5) is 0 Å². The van der Waals surface area contributed by atoms with Crippen molar-refractivity contribution < 1.29 is 14.3 Å². The molecule has 3 aromatic carbocycles. The first kappa shape index (κ1) is 21.4. The fourth-order valence-electron chi connectivity index (χ4n) is 3.11. The summed E-state index contributed by atoms with van der Waals surface area (Å²) in [4.78, 5) is 12.5. The number of rotatable bonds is 11. The first-order valence-electron chi connectivity index (χ1n) is 10.5. The van der Waals surface area contributed by atoms with Crippen LogP contribution in [0.15, 0.2) is 78.9 Å². The maximum atomic E-state index is 12.5. The van der Waals surface area contributed by atoms with Crippen molar-refractivity contribution in [3.05, 3.63) is 95.6 Å². The van der Waals surface area contributed by atoms with Crippen LogP contribution in [0.25, 0.3) is 0 Å². The molecule has 0 aliphatic carbocycles. The van der Waals surface area contributed by atoms with Crippen LogP contribution >= 0.6 is 0 Å². The number of carbonyl (C=O) groups excluding carboxylic acids is 1. The summed E-state index contributed by atoms with van der Waals surface area (Å²) in [6, 6.07) is 25.4. The van der Waals surface area contributed by atoms with E-state index in [-0.39, 0.29) is 5.91 Å². The number of nitrogens with one attached hydrogen (secondary N) is 1. The van der Waals surface area contributed by atoms with E-state index in [9.17, 15) is 4.79 Å². The molecule has 0 saturated carbocycles. The van der Waals surface area contributed by atoms with Gasteiger partial charge in [-0.25, -0.2) is 0 Å². The average molecular weight is 404 g/mol. The zero-order valence-electron chi connectivity index (χ0n) is 17.5. The van der Waals surface area contributed by atoms with Gasteiger partial charge in [-0.05, 0) is 54.7 Å². The van der Waals surface area contributed by atoms with Gasteiger partial charge in [-0.1, -0.05) is 61.5 Å². The van der Waals surface area contributed by atoms with Gasteiger partial charge < -0.3 is 14.8 Å². The van der Waals surface area contributed by atoms with Crippen molar-refractivity contribution in [2.75, 3.05) is 13.2 Å². The van der Waals surface area contributed by atoms with Crippen LogP contribution in [0.1, 0.15) is 41.3 Å². The summed E-state index contributed by atoms with van der Waals surface area (Å²) in [5.41, 5.74) is 2.87. The maximum Gasteiger partial charge on any atom is 0.251 e. The van der Waals surface area contributed by atoms with E-state index in [1.54, 1.807) is 12.1 Å². The van der Waals surface area contributed by atoms with Crippen molar-refractivity contribution >= 4 is 5.91 Å². The number of hydrogen-bond donors (Lipinski definition) is 1. The Hall–Kier alpha value is -3.27. The molecule has 0 radical (unpaired) electrons. The number of para-hydroxylation sites is 1. The molecule has 0 heterocycles. The highest BCUT2D eigenvalue weighted by atomic mass is 16.5. The second kappa shape index (κ2) is 11.7. The predicted octanol–water partition coefficient (Wildman–Crippen LogP) is 5.42. The molecule has 0 bridgehead atoms. The molecular formula is C26H29NO3. The van der Waals surface area contributed by atoms with Gasteiger partial charge in [-0.15, -0.1) is 0 Å². The predicted molar refractivity (Wildman–Crippen MR) is 120 cm³/mol. The number of benzene rings is 3. The van der Waals surface area contributed by atoms with E-state index in [4.69, 9.17) is 9.47 Å². The standard InChI is InChI=1S/C26H29NO3/c1-2-18-29-25-16-7-6-12-22(25)14-9-17-27-26(28)23-13-8-15-24(19-23)30-20-21-10-4-3-5-11-21/h3-8,10-13,15-16,19H,2,9,14,17-18,20H2,1H3,(H,27,28). The van der Waals surface area contributed by atoms with Gasteiger partial charge >= 0.3 is 0 Å². The Balaban J connectivity index is 1.46. The van der Waals surface area contributed by atoms with Gasteiger partial charge in [0.1, 0.15) is 18.1 Å². The molecule has 3 aromatic rings. The van der Waals surface area contributed by atoms with Crippen LogP contribution in [0.5, 0.6) is 11.5 Å². The number of carbonyl (C=O) groups is 1. The summed E-state index contributed by atoms with van der Waals surface area (Å²) < 4.78 is 11.6. The lowest BCUT2D eigenvalue weighted by Gasteiger charge is -2.11. The number of hydrogen-bond acceptors (Lipinski definition) is 3. The van der Waals surface area contributed by atoms with Crippen LogP contribution in [-0.2, 0) is 13.0 Å². The molecular weight excluding hydrogens is 374 g/mol. The molecule has 0 fully saturated rings. The van der Waals surface area contributed by atoms with Crippen molar-refractivity contribution in [1.82, 2.24) is 5.32 Å². The molecule has 1 amide bonds. The van der Waals surface area contributed by atoms with E-state index >= 15 is 0 Å². The fraction of sp³-hybridized carbons (Fsp3) is 0.269. The molecule has 0 aromatic heterocycles. The smallest absolute Gasteiger partial charge is 0.251 e. The second-order valence-corrected chi connectivity index (χ2v) is 7.12. The summed E-state index contributed by atoms with van der Waals surface area (Å²) in [5.74, 6) is 1.54. The topological polar surface area (TPSA) is 47.6 Å². The van der Waals surface area contributed by atoms with Crippen LogP contribution in [0, 0.1) is 0 Å². The first-order chi connectivity index (χ1) is 14.8. The van der Waals surface area contributed by atoms with Crippen molar-refractivity contribution in [3.63, 3.8) is 0 Å². The maximum absolute atomic E-state index is 12.5. The van der Waals surface area contributed by atoms with Crippen LogP contribution in [0.2, 0.25) is 0 Å². The van der Waals surface area contributed by atoms with Gasteiger partial charge in [0.05, 0.1) is 6.61 Å². The summed E-state index contributed by atoms with van der Waals surface area (Å²) in [6.07, 6.45) is 2.70. The van der Waals surface area contributed by atoms with Crippen molar-refractivity contribution in [2.24, 2.45) is 0 Å². The molecule has 156 valence electrons. The SMILES string of the molecule is CCCOc1ccccc1CCCNC(=O)c1cccc(OCc2ccccc2)c1. The van der Waals surface area contributed by atoms with E-state index in [0.29, 0.717) is 24.5 Å². The number of aryl methyl sites for hydroxylation is 1. The van der Waals surface area contributed by atoms with Gasteiger partial charge in [0.25, 0.3) is 5.91 Å². The largest absolute Gasteiger partial charge is 0.493 e. The average Bonchev–Trinajstić information content (AvgIpc) is 2.80. The Bertz CT molecular complexity index is 924. The molecule has 0 unspecified atom stereocenters. The quantitative estimate of drug-likeness (QED) is 0.435. The number of amides is 1. The lowest BCUT2D eigenvalue weighted by Crippen LogP contribution is -2.24. The lowest BCUT2D eigenvalue weighted by molar-refractivity contribution is 0.0952. The highest BCUT2D eigenvalue weighted by molar-refractivity contribution is 5.94. The fourth-order valence-corrected chi connectivity index (χ4v) is 3.11. The van der Waals surface area contributed by atoms with Gasteiger partial charge in [0.15, 0.2) is 0 Å². The highest BCUT2D eigenvalue weighted by Gasteiger charge is 2.08. The Kier molecular flexibility index (Phi) is 8.34. The summed E-state index contributed by atoms with van der Waals surface area (Å²) in [7, 11) is 0. The van der Waals surface area contributed by atoms with Crippen LogP contribution in [0.3, 0.4) is 0 Å². The minimum atomic E-state index is -0.0873. The Morgan fingerprint density at radius 2 is 1.70 bits per heavy atom. The summed E-state index contributed by atoms with van der Waals surface area (Å²) in [5, 5.41) is 3.00. The van der Waals surface area contributed by atoms with Gasteiger partial charge in [0, 0.05) is 12.1 Å². The molecule has 1 N–H and O–H groups in total. The summed E-state index contributed by atoms with van der Waals surface area (Å²) >= 11 is 0. The van der Waals surface area contributed by atoms with Gasteiger partial charge in [0.2, 0.25) is 0 Å². The number of ether oxygens (including phenoxy) is 2. The third-order valence-electron chi connectivity index (χ3n) is 4.69. The lowest BCUT2D eigenvalue weighted by atomic mass is 10.1. The monoisotopic (exact) mass is 403 g/mol. The normalized spacial score (nSPS) is 10.4. The van der Waals surface area contributed by atoms with E-state index in [2.05, 4.69) is 18.3 Å². The zero-order valence-corrected chi connectivity index (χ0v) is 17.5. The molecule has 4 heteroatoms. The molecule has 0 saturated heterocycles. The third-order valence-corrected chi connectivity index (χ3v) is 4.69. The molecule has 0 spiro atoms. The molecule has 0 aliphatic rings. The summed E-state index contributed by atoms with van der Waals surface area (Å²) in [6.45, 7) is 3.90. The highest BCUT2D eigenvalue weighted by Crippen LogP contribution is 2.20. The molecule has 3 rings (SSSR count). The molecule has 30 heavy (non-hydrogen) atoms. The minimum absolute atomic E-state index is 0.0873.